The highest BCUT2D eigenvalue weighted by Gasteiger charge is 2.24. The van der Waals surface area contributed by atoms with E-state index in [4.69, 9.17) is 19.4 Å². The summed E-state index contributed by atoms with van der Waals surface area (Å²) in [4.78, 5) is 15.3. The molecule has 0 bridgehead atoms. The van der Waals surface area contributed by atoms with Gasteiger partial charge in [0.2, 0.25) is 0 Å². The van der Waals surface area contributed by atoms with E-state index in [0.717, 1.165) is 77.6 Å². The van der Waals surface area contributed by atoms with E-state index >= 15 is 0 Å². The third-order valence-electron chi connectivity index (χ3n) is 10.7. The molecular formula is C51H32N4O. The Hall–Kier alpha value is -7.63. The number of aromatic nitrogens is 4. The van der Waals surface area contributed by atoms with Crippen molar-refractivity contribution in [3.05, 3.63) is 194 Å². The lowest BCUT2D eigenvalue weighted by Gasteiger charge is -2.11. The van der Waals surface area contributed by atoms with Gasteiger partial charge in [0.1, 0.15) is 5.58 Å². The van der Waals surface area contributed by atoms with Gasteiger partial charge in [-0.05, 0) is 53.1 Å². The van der Waals surface area contributed by atoms with Gasteiger partial charge in [0, 0.05) is 43.8 Å². The zero-order chi connectivity index (χ0) is 37.0. The fourth-order valence-electron chi connectivity index (χ4n) is 8.08. The molecule has 11 rings (SSSR count). The lowest BCUT2D eigenvalue weighted by atomic mass is 9.95. The molecule has 0 saturated carbocycles. The van der Waals surface area contributed by atoms with Crippen molar-refractivity contribution < 1.29 is 4.42 Å². The second kappa shape index (κ2) is 13.0. The van der Waals surface area contributed by atoms with Crippen molar-refractivity contribution in [2.24, 2.45) is 0 Å². The SMILES string of the molecule is c1ccc(-c2cccc(-c3ccc(-c4nc(-c5ccccc5)nc(-c5ccccc5)n4)c4c3oc3c(-n5c6ccccc6c6ccccc65)cccc34)c2)cc1. The third kappa shape index (κ3) is 5.21. The first-order chi connectivity index (χ1) is 27.8. The normalized spacial score (nSPS) is 11.6. The van der Waals surface area contributed by atoms with Crippen LogP contribution < -0.4 is 0 Å². The molecule has 3 aromatic heterocycles. The predicted molar refractivity (Wildman–Crippen MR) is 229 cm³/mol. The topological polar surface area (TPSA) is 56.7 Å². The molecule has 0 aliphatic heterocycles. The quantitative estimate of drug-likeness (QED) is 0.172. The Morgan fingerprint density at radius 2 is 0.821 bits per heavy atom. The predicted octanol–water partition coefficient (Wildman–Crippen LogP) is 13.2. The molecule has 56 heavy (non-hydrogen) atoms. The first kappa shape index (κ1) is 31.9. The summed E-state index contributed by atoms with van der Waals surface area (Å²) in [6, 6.07) is 67.3. The van der Waals surface area contributed by atoms with Gasteiger partial charge in [-0.2, -0.15) is 0 Å². The average Bonchev–Trinajstić information content (AvgIpc) is 3.84. The standard InChI is InChI=1S/C51H32N4O/c1-4-16-33(17-5-1)36-22-14-23-37(32-36)38-30-31-42(51-53-49(34-18-6-2-7-19-34)52-50(54-51)35-20-8-3-9-21-35)46-41-26-15-29-45(47(41)56-48(38)46)55-43-27-12-10-24-39(43)40-25-11-13-28-44(40)55/h1-32H. The summed E-state index contributed by atoms with van der Waals surface area (Å²) in [6.07, 6.45) is 0. The summed E-state index contributed by atoms with van der Waals surface area (Å²) in [6.45, 7) is 0. The highest BCUT2D eigenvalue weighted by atomic mass is 16.3. The lowest BCUT2D eigenvalue weighted by Crippen LogP contribution is -2.00. The maximum Gasteiger partial charge on any atom is 0.164 e. The molecule has 0 amide bonds. The van der Waals surface area contributed by atoms with Crippen LogP contribution in [0.1, 0.15) is 0 Å². The summed E-state index contributed by atoms with van der Waals surface area (Å²) >= 11 is 0. The van der Waals surface area contributed by atoms with Gasteiger partial charge in [-0.15, -0.1) is 0 Å². The number of nitrogens with zero attached hydrogens (tertiary/aromatic N) is 4. The average molecular weight is 717 g/mol. The molecule has 11 aromatic rings. The first-order valence-electron chi connectivity index (χ1n) is 18.8. The highest BCUT2D eigenvalue weighted by Crippen LogP contribution is 2.45. The zero-order valence-corrected chi connectivity index (χ0v) is 30.2. The fraction of sp³-hybridized carbons (Fsp3) is 0. The van der Waals surface area contributed by atoms with Gasteiger partial charge in [-0.1, -0.05) is 158 Å². The van der Waals surface area contributed by atoms with Crippen molar-refractivity contribution in [3.63, 3.8) is 0 Å². The molecule has 5 nitrogen and oxygen atoms in total. The Labute approximate surface area is 322 Å². The van der Waals surface area contributed by atoms with E-state index < -0.39 is 0 Å². The molecule has 0 saturated heterocycles. The summed E-state index contributed by atoms with van der Waals surface area (Å²) in [5.74, 6) is 1.80. The van der Waals surface area contributed by atoms with Crippen LogP contribution in [0.5, 0.6) is 0 Å². The fourth-order valence-corrected chi connectivity index (χ4v) is 8.08. The Bertz CT molecular complexity index is 3130. The number of rotatable bonds is 6. The van der Waals surface area contributed by atoms with Gasteiger partial charge >= 0.3 is 0 Å². The monoisotopic (exact) mass is 716 g/mol. The Morgan fingerprint density at radius 3 is 1.46 bits per heavy atom. The van der Waals surface area contributed by atoms with Crippen molar-refractivity contribution in [1.29, 1.82) is 0 Å². The van der Waals surface area contributed by atoms with E-state index in [1.54, 1.807) is 0 Å². The molecule has 0 N–H and O–H groups in total. The molecule has 3 heterocycles. The summed E-state index contributed by atoms with van der Waals surface area (Å²) in [7, 11) is 0. The maximum absolute atomic E-state index is 7.24. The summed E-state index contributed by atoms with van der Waals surface area (Å²) < 4.78 is 9.56. The lowest BCUT2D eigenvalue weighted by molar-refractivity contribution is 0.667. The van der Waals surface area contributed by atoms with Gasteiger partial charge in [0.05, 0.1) is 16.7 Å². The minimum absolute atomic E-state index is 0.581. The van der Waals surface area contributed by atoms with E-state index in [9.17, 15) is 0 Å². The number of fused-ring (bicyclic) bond motifs is 6. The number of hydrogen-bond acceptors (Lipinski definition) is 4. The van der Waals surface area contributed by atoms with E-state index in [1.807, 2.05) is 66.7 Å². The Balaban J connectivity index is 1.23. The number of furan rings is 1. The van der Waals surface area contributed by atoms with Crippen molar-refractivity contribution in [3.8, 4) is 62.1 Å². The Kier molecular flexibility index (Phi) is 7.42. The van der Waals surface area contributed by atoms with Crippen LogP contribution in [0.4, 0.5) is 0 Å². The van der Waals surface area contributed by atoms with Gasteiger partial charge in [0.15, 0.2) is 23.1 Å². The number of hydrogen-bond donors (Lipinski definition) is 0. The van der Waals surface area contributed by atoms with Crippen LogP contribution in [-0.4, -0.2) is 19.5 Å². The molecule has 0 aliphatic carbocycles. The van der Waals surface area contributed by atoms with Crippen molar-refractivity contribution in [2.45, 2.75) is 0 Å². The minimum Gasteiger partial charge on any atom is -0.453 e. The zero-order valence-electron chi connectivity index (χ0n) is 30.2. The molecule has 0 spiro atoms. The molecule has 0 unspecified atom stereocenters. The molecule has 8 aromatic carbocycles. The van der Waals surface area contributed by atoms with E-state index in [2.05, 4.69) is 132 Å². The second-order valence-electron chi connectivity index (χ2n) is 14.0. The van der Waals surface area contributed by atoms with Gasteiger partial charge < -0.3 is 8.98 Å². The molecule has 5 heteroatoms. The maximum atomic E-state index is 7.24. The largest absolute Gasteiger partial charge is 0.453 e. The molecule has 262 valence electrons. The molecule has 0 aliphatic rings. The van der Waals surface area contributed by atoms with Crippen LogP contribution in [0, 0.1) is 0 Å². The highest BCUT2D eigenvalue weighted by molar-refractivity contribution is 6.18. The second-order valence-corrected chi connectivity index (χ2v) is 14.0. The Morgan fingerprint density at radius 1 is 0.339 bits per heavy atom. The smallest absolute Gasteiger partial charge is 0.164 e. The summed E-state index contributed by atoms with van der Waals surface area (Å²) in [5, 5.41) is 4.33. The van der Waals surface area contributed by atoms with E-state index in [-0.39, 0.29) is 0 Å². The van der Waals surface area contributed by atoms with Crippen LogP contribution in [0.2, 0.25) is 0 Å². The first-order valence-corrected chi connectivity index (χ1v) is 18.8. The molecule has 0 fully saturated rings. The van der Waals surface area contributed by atoms with Gasteiger partial charge in [-0.3, -0.25) is 0 Å². The minimum atomic E-state index is 0.581. The molecule has 0 radical (unpaired) electrons. The van der Waals surface area contributed by atoms with Crippen LogP contribution in [0.25, 0.3) is 106 Å². The van der Waals surface area contributed by atoms with Crippen LogP contribution in [-0.2, 0) is 0 Å². The van der Waals surface area contributed by atoms with Gasteiger partial charge in [0.25, 0.3) is 0 Å². The third-order valence-corrected chi connectivity index (χ3v) is 10.7. The number of para-hydroxylation sites is 3. The van der Waals surface area contributed by atoms with Crippen molar-refractivity contribution >= 4 is 43.7 Å². The van der Waals surface area contributed by atoms with E-state index in [0.29, 0.717) is 17.5 Å². The molecule has 0 atom stereocenters. The van der Waals surface area contributed by atoms with Crippen LogP contribution >= 0.6 is 0 Å². The van der Waals surface area contributed by atoms with E-state index in [1.165, 1.54) is 10.8 Å². The van der Waals surface area contributed by atoms with Crippen LogP contribution in [0.3, 0.4) is 0 Å². The van der Waals surface area contributed by atoms with Crippen LogP contribution in [0.15, 0.2) is 199 Å². The van der Waals surface area contributed by atoms with Crippen molar-refractivity contribution in [2.75, 3.05) is 0 Å². The van der Waals surface area contributed by atoms with Crippen molar-refractivity contribution in [1.82, 2.24) is 19.5 Å². The molecular weight excluding hydrogens is 685 g/mol. The summed E-state index contributed by atoms with van der Waals surface area (Å²) in [5.41, 5.74) is 11.8. The number of benzene rings is 8. The van der Waals surface area contributed by atoms with Gasteiger partial charge in [-0.25, -0.2) is 15.0 Å².